The minimum Gasteiger partial charge on any atom is -0.488 e. The largest absolute Gasteiger partial charge is 0.488 e. The van der Waals surface area contributed by atoms with E-state index in [1.54, 1.807) is 36.0 Å². The van der Waals surface area contributed by atoms with Gasteiger partial charge in [0.25, 0.3) is 5.91 Å². The number of nitrogen functional groups attached to an aromatic ring is 1. The van der Waals surface area contributed by atoms with Gasteiger partial charge < -0.3 is 16.2 Å². The summed E-state index contributed by atoms with van der Waals surface area (Å²) in [4.78, 5) is 11.3. The van der Waals surface area contributed by atoms with Crippen LogP contribution in [0.5, 0.6) is 5.75 Å². The summed E-state index contributed by atoms with van der Waals surface area (Å²) in [5, 5.41) is 4.20. The van der Waals surface area contributed by atoms with Crippen molar-refractivity contribution < 1.29 is 9.53 Å². The van der Waals surface area contributed by atoms with Crippen LogP contribution < -0.4 is 16.2 Å². The van der Waals surface area contributed by atoms with Crippen LogP contribution >= 0.6 is 0 Å². The molecule has 1 aromatic heterocycles. The number of nitrogens with zero attached hydrogens (tertiary/aromatic N) is 2. The molecular formula is C13H16N4O2. The van der Waals surface area contributed by atoms with Gasteiger partial charge in [0, 0.05) is 7.05 Å². The third-order valence-electron chi connectivity index (χ3n) is 2.92. The van der Waals surface area contributed by atoms with Gasteiger partial charge in [-0.05, 0) is 19.1 Å². The molecular weight excluding hydrogens is 244 g/mol. The molecule has 0 saturated heterocycles. The summed E-state index contributed by atoms with van der Waals surface area (Å²) >= 11 is 0. The second-order valence-corrected chi connectivity index (χ2v) is 4.22. The van der Waals surface area contributed by atoms with Crippen molar-refractivity contribution in [3.63, 3.8) is 0 Å². The molecule has 0 fully saturated rings. The van der Waals surface area contributed by atoms with E-state index < -0.39 is 5.91 Å². The molecule has 4 N–H and O–H groups in total. The highest BCUT2D eigenvalue weighted by Crippen LogP contribution is 2.21. The number of nitrogens with two attached hydrogens (primary N) is 2. The molecule has 0 spiro atoms. The van der Waals surface area contributed by atoms with Crippen LogP contribution in [0, 0.1) is 6.92 Å². The lowest BCUT2D eigenvalue weighted by atomic mass is 10.2. The maximum Gasteiger partial charge on any atom is 0.252 e. The molecule has 0 aliphatic rings. The average molecular weight is 260 g/mol. The number of amides is 1. The van der Waals surface area contributed by atoms with E-state index in [9.17, 15) is 4.79 Å². The standard InChI is InChI=1S/C13H16N4O2/c1-8-10(12(14)17(2)16-8)7-19-11-6-4-3-5-9(11)13(15)18/h3-6H,7,14H2,1-2H3,(H2,15,18). The molecule has 1 amide bonds. The lowest BCUT2D eigenvalue weighted by Gasteiger charge is -2.09. The molecule has 0 bridgehead atoms. The van der Waals surface area contributed by atoms with E-state index in [2.05, 4.69) is 5.10 Å². The molecule has 1 heterocycles. The number of ether oxygens (including phenoxy) is 1. The van der Waals surface area contributed by atoms with E-state index in [1.807, 2.05) is 6.92 Å². The zero-order valence-corrected chi connectivity index (χ0v) is 10.9. The Hall–Kier alpha value is -2.50. The quantitative estimate of drug-likeness (QED) is 0.856. The van der Waals surface area contributed by atoms with Crippen LogP contribution in [0.3, 0.4) is 0 Å². The number of hydrogen-bond acceptors (Lipinski definition) is 4. The van der Waals surface area contributed by atoms with E-state index in [1.165, 1.54) is 0 Å². The Morgan fingerprint density at radius 1 is 1.42 bits per heavy atom. The van der Waals surface area contributed by atoms with E-state index >= 15 is 0 Å². The number of hydrogen-bond donors (Lipinski definition) is 2. The normalized spacial score (nSPS) is 10.4. The molecule has 1 aromatic carbocycles. The lowest BCUT2D eigenvalue weighted by Crippen LogP contribution is -2.13. The molecule has 0 aliphatic heterocycles. The lowest BCUT2D eigenvalue weighted by molar-refractivity contribution is 0.0996. The van der Waals surface area contributed by atoms with Crippen LogP contribution in [0.2, 0.25) is 0 Å². The van der Waals surface area contributed by atoms with Crippen molar-refractivity contribution in [3.8, 4) is 5.75 Å². The Morgan fingerprint density at radius 3 is 2.68 bits per heavy atom. The highest BCUT2D eigenvalue weighted by atomic mass is 16.5. The maximum atomic E-state index is 11.3. The summed E-state index contributed by atoms with van der Waals surface area (Å²) in [6.07, 6.45) is 0. The molecule has 19 heavy (non-hydrogen) atoms. The van der Waals surface area contributed by atoms with Gasteiger partial charge in [-0.3, -0.25) is 9.48 Å². The molecule has 0 saturated carbocycles. The van der Waals surface area contributed by atoms with Crippen LogP contribution in [-0.2, 0) is 13.7 Å². The summed E-state index contributed by atoms with van der Waals surface area (Å²) in [5.74, 6) is 0.471. The van der Waals surface area contributed by atoms with E-state index in [4.69, 9.17) is 16.2 Å². The summed E-state index contributed by atoms with van der Waals surface area (Å²) in [7, 11) is 1.77. The smallest absolute Gasteiger partial charge is 0.252 e. The number of primary amides is 1. The van der Waals surface area contributed by atoms with Crippen LogP contribution in [0.25, 0.3) is 0 Å². The molecule has 100 valence electrons. The van der Waals surface area contributed by atoms with Crippen LogP contribution in [0.4, 0.5) is 5.82 Å². The van der Waals surface area contributed by atoms with Crippen molar-refractivity contribution >= 4 is 11.7 Å². The van der Waals surface area contributed by atoms with Crippen LogP contribution in [-0.4, -0.2) is 15.7 Å². The molecule has 6 heteroatoms. The molecule has 2 rings (SSSR count). The minimum atomic E-state index is -0.522. The van der Waals surface area contributed by atoms with Crippen molar-refractivity contribution in [2.24, 2.45) is 12.8 Å². The number of para-hydroxylation sites is 1. The average Bonchev–Trinajstić information content (AvgIpc) is 2.61. The highest BCUT2D eigenvalue weighted by Gasteiger charge is 2.13. The highest BCUT2D eigenvalue weighted by molar-refractivity contribution is 5.95. The first kappa shape index (κ1) is 12.9. The number of aromatic nitrogens is 2. The maximum absolute atomic E-state index is 11.3. The van der Waals surface area contributed by atoms with Crippen molar-refractivity contribution in [3.05, 3.63) is 41.1 Å². The summed E-state index contributed by atoms with van der Waals surface area (Å²) < 4.78 is 7.22. The van der Waals surface area contributed by atoms with E-state index in [-0.39, 0.29) is 6.61 Å². The Morgan fingerprint density at radius 2 is 2.11 bits per heavy atom. The van der Waals surface area contributed by atoms with Crippen molar-refractivity contribution in [1.29, 1.82) is 0 Å². The predicted octanol–water partition coefficient (Wildman–Crippen LogP) is 0.989. The minimum absolute atomic E-state index is 0.246. The van der Waals surface area contributed by atoms with E-state index in [0.717, 1.165) is 11.3 Å². The van der Waals surface area contributed by atoms with Crippen LogP contribution in [0.1, 0.15) is 21.6 Å². The van der Waals surface area contributed by atoms with Crippen molar-refractivity contribution in [2.75, 3.05) is 5.73 Å². The SMILES string of the molecule is Cc1nn(C)c(N)c1COc1ccccc1C(N)=O. The second kappa shape index (κ2) is 5.01. The van der Waals surface area contributed by atoms with Gasteiger partial charge in [-0.15, -0.1) is 0 Å². The Kier molecular flexibility index (Phi) is 3.41. The van der Waals surface area contributed by atoms with Gasteiger partial charge >= 0.3 is 0 Å². The molecule has 6 nitrogen and oxygen atoms in total. The van der Waals surface area contributed by atoms with Gasteiger partial charge in [-0.25, -0.2) is 0 Å². The van der Waals surface area contributed by atoms with Gasteiger partial charge in [0.1, 0.15) is 18.2 Å². The summed E-state index contributed by atoms with van der Waals surface area (Å²) in [5.41, 5.74) is 13.1. The zero-order valence-electron chi connectivity index (χ0n) is 10.9. The number of carbonyl (C=O) groups excluding carboxylic acids is 1. The number of carbonyl (C=O) groups is 1. The zero-order chi connectivity index (χ0) is 14.0. The molecule has 0 radical (unpaired) electrons. The number of benzene rings is 1. The predicted molar refractivity (Wildman–Crippen MR) is 71.6 cm³/mol. The van der Waals surface area contributed by atoms with Crippen molar-refractivity contribution in [1.82, 2.24) is 9.78 Å². The topological polar surface area (TPSA) is 96.2 Å². The molecule has 0 unspecified atom stereocenters. The van der Waals surface area contributed by atoms with Crippen molar-refractivity contribution in [2.45, 2.75) is 13.5 Å². The van der Waals surface area contributed by atoms with Gasteiger partial charge in [-0.2, -0.15) is 5.10 Å². The third kappa shape index (κ3) is 2.52. The fourth-order valence-electron chi connectivity index (χ4n) is 1.84. The monoisotopic (exact) mass is 260 g/mol. The first-order valence-electron chi connectivity index (χ1n) is 5.80. The van der Waals surface area contributed by atoms with Gasteiger partial charge in [-0.1, -0.05) is 12.1 Å². The molecule has 0 atom stereocenters. The van der Waals surface area contributed by atoms with Gasteiger partial charge in [0.15, 0.2) is 0 Å². The second-order valence-electron chi connectivity index (χ2n) is 4.22. The first-order chi connectivity index (χ1) is 9.00. The Bertz CT molecular complexity index is 619. The molecule has 0 aliphatic carbocycles. The fourth-order valence-corrected chi connectivity index (χ4v) is 1.84. The fraction of sp³-hybridized carbons (Fsp3) is 0.231. The molecule has 2 aromatic rings. The third-order valence-corrected chi connectivity index (χ3v) is 2.92. The number of anilines is 1. The first-order valence-corrected chi connectivity index (χ1v) is 5.80. The number of rotatable bonds is 4. The van der Waals surface area contributed by atoms with Crippen LogP contribution in [0.15, 0.2) is 24.3 Å². The summed E-state index contributed by atoms with van der Waals surface area (Å²) in [6, 6.07) is 6.83. The van der Waals surface area contributed by atoms with Gasteiger partial charge in [0.05, 0.1) is 16.8 Å². The Balaban J connectivity index is 2.22. The summed E-state index contributed by atoms with van der Waals surface area (Å²) in [6.45, 7) is 2.10. The number of aryl methyl sites for hydroxylation is 2. The van der Waals surface area contributed by atoms with Gasteiger partial charge in [0.2, 0.25) is 0 Å². The van der Waals surface area contributed by atoms with E-state index in [0.29, 0.717) is 17.1 Å². The Labute approximate surface area is 111 Å².